The number of hydrogen-bond acceptors (Lipinski definition) is 6. The minimum absolute atomic E-state index is 0.0575. The molecule has 2 aliphatic rings. The molecule has 1 aromatic carbocycles. The summed E-state index contributed by atoms with van der Waals surface area (Å²) in [6, 6.07) is 7.26. The summed E-state index contributed by atoms with van der Waals surface area (Å²) in [5.41, 5.74) is 2.52. The second-order valence-corrected chi connectivity index (χ2v) is 7.91. The Morgan fingerprint density at radius 3 is 2.39 bits per heavy atom. The zero-order chi connectivity index (χ0) is 24.1. The molecular weight excluding hydrogens is 428 g/mol. The normalized spacial score (nSPS) is 17.9. The van der Waals surface area contributed by atoms with Crippen LogP contribution in [-0.4, -0.2) is 88.3 Å². The van der Waals surface area contributed by atoms with Crippen molar-refractivity contribution < 1.29 is 29.3 Å². The number of aliphatic hydroxyl groups excluding tert-OH is 2. The number of nitrogens with one attached hydrogen (secondary N) is 1. The Kier molecular flexibility index (Phi) is 7.72. The fraction of sp³-hybridized carbons (Fsp3) is 0.435. The summed E-state index contributed by atoms with van der Waals surface area (Å²) in [7, 11) is 1.51. The van der Waals surface area contributed by atoms with Crippen molar-refractivity contribution in [3.05, 3.63) is 59.5 Å². The largest absolute Gasteiger partial charge is 0.499 e. The molecule has 0 bridgehead atoms. The van der Waals surface area contributed by atoms with Crippen molar-refractivity contribution in [2.75, 3.05) is 33.3 Å². The van der Waals surface area contributed by atoms with Gasteiger partial charge in [0.2, 0.25) is 0 Å². The molecule has 0 aromatic heterocycles. The quantitative estimate of drug-likeness (QED) is 0.358. The van der Waals surface area contributed by atoms with Crippen molar-refractivity contribution in [3.63, 3.8) is 0 Å². The van der Waals surface area contributed by atoms with Crippen LogP contribution >= 0.6 is 0 Å². The van der Waals surface area contributed by atoms with Crippen LogP contribution < -0.4 is 5.32 Å². The van der Waals surface area contributed by atoms with Crippen molar-refractivity contribution >= 4 is 17.8 Å². The number of amides is 4. The lowest BCUT2D eigenvalue weighted by Gasteiger charge is -2.23. The van der Waals surface area contributed by atoms with E-state index in [1.54, 1.807) is 22.8 Å². The van der Waals surface area contributed by atoms with Crippen LogP contribution in [0.3, 0.4) is 0 Å². The van der Waals surface area contributed by atoms with Crippen molar-refractivity contribution in [2.45, 2.75) is 32.2 Å². The molecule has 3 N–H and O–H groups in total. The van der Waals surface area contributed by atoms with E-state index in [9.17, 15) is 24.6 Å². The molecular formula is C23H30N4O6. The second kappa shape index (κ2) is 10.5. The van der Waals surface area contributed by atoms with E-state index < -0.39 is 24.0 Å². The number of aliphatic hydroxyl groups is 2. The van der Waals surface area contributed by atoms with Crippen LogP contribution in [0.4, 0.5) is 4.79 Å². The van der Waals surface area contributed by atoms with Crippen LogP contribution in [0.15, 0.2) is 48.4 Å². The van der Waals surface area contributed by atoms with Gasteiger partial charge in [-0.05, 0) is 24.1 Å². The van der Waals surface area contributed by atoms with Gasteiger partial charge in [-0.2, -0.15) is 0 Å². The highest BCUT2D eigenvalue weighted by Gasteiger charge is 2.36. The van der Waals surface area contributed by atoms with E-state index in [1.165, 1.54) is 12.0 Å². The highest BCUT2D eigenvalue weighted by atomic mass is 16.5. The van der Waals surface area contributed by atoms with Crippen LogP contribution in [0.25, 0.3) is 0 Å². The standard InChI is InChI=1S/C23H30N4O6/c1-4-18(15(2)33-3)27-12-11-25(23(27)32)10-9-24-21(30)19(28)20(29)22(31)26-13-16-7-5-6-8-17(16)14-26/h4-8,19-20,28-29H,1,9-14H2,2-3H3,(H,24,30)/b18-15-/t19-,20-/m1/s1. The molecule has 3 rings (SSSR count). The minimum atomic E-state index is -1.91. The molecule has 10 heteroatoms. The number of urea groups is 1. The number of rotatable bonds is 9. The number of fused-ring (bicyclic) bond motifs is 1. The number of carbonyl (C=O) groups is 3. The molecule has 1 aromatic rings. The first kappa shape index (κ1) is 24.3. The third-order valence-electron chi connectivity index (χ3n) is 5.90. The molecule has 1 saturated heterocycles. The van der Waals surface area contributed by atoms with Crippen LogP contribution in [0.2, 0.25) is 0 Å². The second-order valence-electron chi connectivity index (χ2n) is 7.91. The Morgan fingerprint density at radius 2 is 1.82 bits per heavy atom. The molecule has 0 saturated carbocycles. The number of hydrogen-bond donors (Lipinski definition) is 3. The van der Waals surface area contributed by atoms with Crippen LogP contribution in [0.1, 0.15) is 18.1 Å². The van der Waals surface area contributed by atoms with Gasteiger partial charge in [0.05, 0.1) is 12.8 Å². The fourth-order valence-electron chi connectivity index (χ4n) is 3.94. The van der Waals surface area contributed by atoms with Gasteiger partial charge in [0, 0.05) is 39.3 Å². The summed E-state index contributed by atoms with van der Waals surface area (Å²) >= 11 is 0. The summed E-state index contributed by atoms with van der Waals surface area (Å²) in [6.07, 6.45) is -2.23. The Hall–Kier alpha value is -3.37. The predicted octanol–water partition coefficient (Wildman–Crippen LogP) is 0.168. The van der Waals surface area contributed by atoms with Gasteiger partial charge in [-0.15, -0.1) is 0 Å². The molecule has 0 radical (unpaired) electrons. The predicted molar refractivity (Wildman–Crippen MR) is 119 cm³/mol. The third kappa shape index (κ3) is 5.18. The van der Waals surface area contributed by atoms with E-state index in [-0.39, 0.29) is 19.1 Å². The van der Waals surface area contributed by atoms with Crippen molar-refractivity contribution in [3.8, 4) is 0 Å². The van der Waals surface area contributed by atoms with E-state index in [2.05, 4.69) is 11.9 Å². The maximum atomic E-state index is 12.6. The van der Waals surface area contributed by atoms with Gasteiger partial charge in [-0.25, -0.2) is 4.79 Å². The highest BCUT2D eigenvalue weighted by molar-refractivity contribution is 5.91. The lowest BCUT2D eigenvalue weighted by atomic mass is 10.1. The van der Waals surface area contributed by atoms with Crippen molar-refractivity contribution in [1.29, 1.82) is 0 Å². The molecule has 178 valence electrons. The van der Waals surface area contributed by atoms with E-state index >= 15 is 0 Å². The summed E-state index contributed by atoms with van der Waals surface area (Å²) in [6.45, 7) is 7.25. The maximum Gasteiger partial charge on any atom is 0.324 e. The molecule has 0 aliphatic carbocycles. The van der Waals surface area contributed by atoms with E-state index in [0.717, 1.165) is 11.1 Å². The smallest absolute Gasteiger partial charge is 0.324 e. The van der Waals surface area contributed by atoms with Gasteiger partial charge < -0.3 is 30.1 Å². The van der Waals surface area contributed by atoms with Gasteiger partial charge in [-0.1, -0.05) is 30.8 Å². The zero-order valence-corrected chi connectivity index (χ0v) is 18.9. The molecule has 0 spiro atoms. The molecule has 1 fully saturated rings. The number of ether oxygens (including phenoxy) is 1. The molecule has 2 atom stereocenters. The van der Waals surface area contributed by atoms with Gasteiger partial charge in [0.1, 0.15) is 5.76 Å². The third-order valence-corrected chi connectivity index (χ3v) is 5.90. The molecule has 2 heterocycles. The summed E-state index contributed by atoms with van der Waals surface area (Å²) in [4.78, 5) is 41.9. The number of nitrogens with zero attached hydrogens (tertiary/aromatic N) is 3. The summed E-state index contributed by atoms with van der Waals surface area (Å²) in [5, 5.41) is 22.9. The SMILES string of the molecule is C=C/C(=C(\C)OC)N1CCN(CCNC(=O)[C@H](O)[C@@H](O)C(=O)N2Cc3ccccc3C2)C1=O. The monoisotopic (exact) mass is 458 g/mol. The number of carbonyl (C=O) groups excluding carboxylic acids is 3. The van der Waals surface area contributed by atoms with Gasteiger partial charge in [-0.3, -0.25) is 14.5 Å². The summed E-state index contributed by atoms with van der Waals surface area (Å²) in [5.74, 6) is -1.02. The maximum absolute atomic E-state index is 12.6. The molecule has 10 nitrogen and oxygen atoms in total. The van der Waals surface area contributed by atoms with E-state index in [4.69, 9.17) is 4.74 Å². The first-order valence-electron chi connectivity index (χ1n) is 10.7. The van der Waals surface area contributed by atoms with E-state index in [1.807, 2.05) is 24.3 Å². The Balaban J connectivity index is 1.47. The number of benzene rings is 1. The average molecular weight is 459 g/mol. The minimum Gasteiger partial charge on any atom is -0.499 e. The topological polar surface area (TPSA) is 123 Å². The van der Waals surface area contributed by atoms with E-state index in [0.29, 0.717) is 37.6 Å². The zero-order valence-electron chi connectivity index (χ0n) is 18.9. The Bertz CT molecular complexity index is 937. The molecule has 2 aliphatic heterocycles. The average Bonchev–Trinajstić information content (AvgIpc) is 3.42. The molecule has 33 heavy (non-hydrogen) atoms. The van der Waals surface area contributed by atoms with Gasteiger partial charge >= 0.3 is 6.03 Å². The Morgan fingerprint density at radius 1 is 1.18 bits per heavy atom. The van der Waals surface area contributed by atoms with Crippen LogP contribution in [0, 0.1) is 0 Å². The highest BCUT2D eigenvalue weighted by Crippen LogP contribution is 2.23. The first-order chi connectivity index (χ1) is 15.8. The number of methoxy groups -OCH3 is 1. The molecule has 0 unspecified atom stereocenters. The Labute approximate surface area is 192 Å². The van der Waals surface area contributed by atoms with Crippen molar-refractivity contribution in [2.24, 2.45) is 0 Å². The fourth-order valence-corrected chi connectivity index (χ4v) is 3.94. The number of allylic oxidation sites excluding steroid dienone is 2. The summed E-state index contributed by atoms with van der Waals surface area (Å²) < 4.78 is 5.19. The van der Waals surface area contributed by atoms with Crippen LogP contribution in [0.5, 0.6) is 0 Å². The van der Waals surface area contributed by atoms with Crippen molar-refractivity contribution in [1.82, 2.24) is 20.0 Å². The van der Waals surface area contributed by atoms with Gasteiger partial charge in [0.15, 0.2) is 12.2 Å². The van der Waals surface area contributed by atoms with Crippen LogP contribution in [-0.2, 0) is 27.4 Å². The van der Waals surface area contributed by atoms with Gasteiger partial charge in [0.25, 0.3) is 11.8 Å². The lowest BCUT2D eigenvalue weighted by molar-refractivity contribution is -0.153. The first-order valence-corrected chi connectivity index (χ1v) is 10.7. The molecule has 4 amide bonds. The lowest BCUT2D eigenvalue weighted by Crippen LogP contribution is -2.50.